The van der Waals surface area contributed by atoms with E-state index in [0.29, 0.717) is 25.0 Å². The quantitative estimate of drug-likeness (QED) is 0.662. The summed E-state index contributed by atoms with van der Waals surface area (Å²) in [6, 6.07) is -0.0330. The van der Waals surface area contributed by atoms with Crippen molar-refractivity contribution in [2.24, 2.45) is 11.8 Å². The number of carbonyl (C=O) groups excluding carboxylic acids is 1. The molecule has 1 saturated heterocycles. The first kappa shape index (κ1) is 17.4. The molecule has 0 aromatic heterocycles. The fraction of sp³-hybridized carbons (Fsp3) is 0.938. The molecule has 20 heavy (non-hydrogen) atoms. The van der Waals surface area contributed by atoms with Gasteiger partial charge in [-0.3, -0.25) is 10.1 Å². The van der Waals surface area contributed by atoms with Crippen LogP contribution in [0.15, 0.2) is 0 Å². The van der Waals surface area contributed by atoms with Crippen LogP contribution >= 0.6 is 0 Å². The number of amides is 1. The molecule has 1 fully saturated rings. The maximum absolute atomic E-state index is 12.5. The lowest BCUT2D eigenvalue weighted by atomic mass is 10.0. The lowest BCUT2D eigenvalue weighted by molar-refractivity contribution is -0.131. The average molecular weight is 284 g/mol. The lowest BCUT2D eigenvalue weighted by Gasteiger charge is -2.25. The van der Waals surface area contributed by atoms with Crippen molar-refractivity contribution >= 4 is 5.91 Å². The molecule has 1 aliphatic heterocycles. The predicted molar refractivity (Wildman–Crippen MR) is 82.4 cm³/mol. The first-order valence-corrected chi connectivity index (χ1v) is 8.11. The fourth-order valence-corrected chi connectivity index (χ4v) is 2.60. The van der Waals surface area contributed by atoms with E-state index < -0.39 is 0 Å². The Morgan fingerprint density at radius 2 is 1.95 bits per heavy atom. The molecule has 0 spiro atoms. The molecule has 118 valence electrons. The van der Waals surface area contributed by atoms with Crippen LogP contribution in [0.25, 0.3) is 0 Å². The second-order valence-corrected chi connectivity index (χ2v) is 6.53. The number of hydrogen-bond acceptors (Lipinski definition) is 3. The van der Waals surface area contributed by atoms with Crippen molar-refractivity contribution in [1.29, 1.82) is 0 Å². The van der Waals surface area contributed by atoms with Gasteiger partial charge in [-0.2, -0.15) is 0 Å². The normalized spacial score (nSPS) is 23.4. The highest BCUT2D eigenvalue weighted by Gasteiger charge is 2.39. The van der Waals surface area contributed by atoms with Gasteiger partial charge < -0.3 is 9.64 Å². The van der Waals surface area contributed by atoms with Crippen LogP contribution in [0, 0.1) is 11.8 Å². The van der Waals surface area contributed by atoms with Crippen LogP contribution in [-0.4, -0.2) is 42.8 Å². The number of unbranched alkanes of at least 4 members (excludes halogenated alkanes) is 1. The molecule has 0 aliphatic carbocycles. The molecule has 0 bridgehead atoms. The van der Waals surface area contributed by atoms with E-state index in [-0.39, 0.29) is 18.1 Å². The van der Waals surface area contributed by atoms with Gasteiger partial charge in [-0.15, -0.1) is 0 Å². The summed E-state index contributed by atoms with van der Waals surface area (Å²) in [4.78, 5) is 14.4. The number of nitrogens with zero attached hydrogens (tertiary/aromatic N) is 1. The zero-order chi connectivity index (χ0) is 15.1. The Morgan fingerprint density at radius 1 is 1.25 bits per heavy atom. The van der Waals surface area contributed by atoms with Crippen LogP contribution in [0.1, 0.15) is 53.9 Å². The largest absolute Gasteiger partial charge is 0.380 e. The maximum atomic E-state index is 12.5. The molecular weight excluding hydrogens is 252 g/mol. The van der Waals surface area contributed by atoms with Crippen molar-refractivity contribution in [2.45, 2.75) is 66.1 Å². The molecule has 0 saturated carbocycles. The van der Waals surface area contributed by atoms with Crippen molar-refractivity contribution in [2.75, 3.05) is 19.8 Å². The minimum Gasteiger partial charge on any atom is -0.380 e. The van der Waals surface area contributed by atoms with Crippen LogP contribution in [0.5, 0.6) is 0 Å². The third kappa shape index (κ3) is 5.06. The number of carbonyl (C=O) groups is 1. The molecule has 1 rings (SSSR count). The van der Waals surface area contributed by atoms with E-state index in [1.807, 2.05) is 4.90 Å². The van der Waals surface area contributed by atoms with Crippen LogP contribution in [0.2, 0.25) is 0 Å². The van der Waals surface area contributed by atoms with Gasteiger partial charge in [-0.05, 0) is 24.7 Å². The average Bonchev–Trinajstić information content (AvgIpc) is 2.66. The van der Waals surface area contributed by atoms with Gasteiger partial charge in [0.25, 0.3) is 0 Å². The van der Waals surface area contributed by atoms with Crippen LogP contribution < -0.4 is 5.32 Å². The van der Waals surface area contributed by atoms with Gasteiger partial charge in [0.15, 0.2) is 0 Å². The summed E-state index contributed by atoms with van der Waals surface area (Å²) in [5.74, 6) is 1.16. The SMILES string of the molecule is CCCCOCCN1C(=O)C(C(C)C)NC1CC(C)C. The first-order valence-electron chi connectivity index (χ1n) is 8.11. The highest BCUT2D eigenvalue weighted by atomic mass is 16.5. The molecule has 2 unspecified atom stereocenters. The van der Waals surface area contributed by atoms with Gasteiger partial charge in [0.1, 0.15) is 0 Å². The second kappa shape index (κ2) is 8.63. The zero-order valence-corrected chi connectivity index (χ0v) is 13.8. The molecule has 1 amide bonds. The van der Waals surface area contributed by atoms with E-state index in [1.54, 1.807) is 0 Å². The first-order chi connectivity index (χ1) is 9.47. The summed E-state index contributed by atoms with van der Waals surface area (Å²) < 4.78 is 5.61. The summed E-state index contributed by atoms with van der Waals surface area (Å²) in [6.07, 6.45) is 3.42. The molecule has 1 heterocycles. The molecule has 1 aliphatic rings. The van der Waals surface area contributed by atoms with Crippen molar-refractivity contribution < 1.29 is 9.53 Å². The van der Waals surface area contributed by atoms with Crippen molar-refractivity contribution in [3.05, 3.63) is 0 Å². The van der Waals surface area contributed by atoms with E-state index in [0.717, 1.165) is 25.9 Å². The van der Waals surface area contributed by atoms with E-state index in [2.05, 4.69) is 39.9 Å². The Bertz CT molecular complexity index is 292. The summed E-state index contributed by atoms with van der Waals surface area (Å²) in [5, 5.41) is 3.49. The molecular formula is C16H32N2O2. The monoisotopic (exact) mass is 284 g/mol. The van der Waals surface area contributed by atoms with Gasteiger partial charge in [0, 0.05) is 13.2 Å². The van der Waals surface area contributed by atoms with Crippen molar-refractivity contribution in [3.8, 4) is 0 Å². The lowest BCUT2D eigenvalue weighted by Crippen LogP contribution is -2.40. The Hall–Kier alpha value is -0.610. The van der Waals surface area contributed by atoms with E-state index >= 15 is 0 Å². The molecule has 4 nitrogen and oxygen atoms in total. The third-order valence-electron chi connectivity index (χ3n) is 3.78. The Morgan fingerprint density at radius 3 is 2.50 bits per heavy atom. The maximum Gasteiger partial charge on any atom is 0.241 e. The second-order valence-electron chi connectivity index (χ2n) is 6.53. The highest BCUT2D eigenvalue weighted by molar-refractivity contribution is 5.84. The number of nitrogens with one attached hydrogen (secondary N) is 1. The Balaban J connectivity index is 2.51. The van der Waals surface area contributed by atoms with Crippen molar-refractivity contribution in [3.63, 3.8) is 0 Å². The Kier molecular flexibility index (Phi) is 7.52. The van der Waals surface area contributed by atoms with Gasteiger partial charge in [0.2, 0.25) is 5.91 Å². The minimum atomic E-state index is -0.0330. The van der Waals surface area contributed by atoms with E-state index in [1.165, 1.54) is 0 Å². The zero-order valence-electron chi connectivity index (χ0n) is 13.8. The number of rotatable bonds is 9. The molecule has 4 heteroatoms. The van der Waals surface area contributed by atoms with Crippen LogP contribution in [-0.2, 0) is 9.53 Å². The van der Waals surface area contributed by atoms with Crippen LogP contribution in [0.3, 0.4) is 0 Å². The summed E-state index contributed by atoms with van der Waals surface area (Å²) >= 11 is 0. The summed E-state index contributed by atoms with van der Waals surface area (Å²) in [5.41, 5.74) is 0. The van der Waals surface area contributed by atoms with Gasteiger partial charge in [-0.1, -0.05) is 41.0 Å². The predicted octanol–water partition coefficient (Wildman–Crippen LogP) is 2.63. The summed E-state index contributed by atoms with van der Waals surface area (Å²) in [6.45, 7) is 12.9. The van der Waals surface area contributed by atoms with Gasteiger partial charge in [0.05, 0.1) is 18.8 Å². The molecule has 0 aromatic carbocycles. The topological polar surface area (TPSA) is 41.6 Å². The number of hydrogen-bond donors (Lipinski definition) is 1. The van der Waals surface area contributed by atoms with E-state index in [4.69, 9.17) is 4.74 Å². The standard InChI is InChI=1S/C16H32N2O2/c1-6-7-9-20-10-8-18-14(11-12(2)3)17-15(13(4)5)16(18)19/h12-15,17H,6-11H2,1-5H3. The Labute approximate surface area is 124 Å². The number of ether oxygens (including phenoxy) is 1. The molecule has 2 atom stereocenters. The minimum absolute atomic E-state index is 0.0330. The van der Waals surface area contributed by atoms with Crippen LogP contribution in [0.4, 0.5) is 0 Å². The van der Waals surface area contributed by atoms with Gasteiger partial charge in [-0.25, -0.2) is 0 Å². The fourth-order valence-electron chi connectivity index (χ4n) is 2.60. The molecule has 0 aromatic rings. The van der Waals surface area contributed by atoms with Gasteiger partial charge >= 0.3 is 0 Å². The third-order valence-corrected chi connectivity index (χ3v) is 3.78. The molecule has 0 radical (unpaired) electrons. The molecule has 1 N–H and O–H groups in total. The highest BCUT2D eigenvalue weighted by Crippen LogP contribution is 2.21. The smallest absolute Gasteiger partial charge is 0.241 e. The summed E-state index contributed by atoms with van der Waals surface area (Å²) in [7, 11) is 0. The van der Waals surface area contributed by atoms with Crippen molar-refractivity contribution in [1.82, 2.24) is 10.2 Å². The van der Waals surface area contributed by atoms with E-state index in [9.17, 15) is 4.79 Å².